The van der Waals surface area contributed by atoms with Gasteiger partial charge in [-0.3, -0.25) is 4.79 Å². The molecule has 0 unspecified atom stereocenters. The predicted molar refractivity (Wildman–Crippen MR) is 80.0 cm³/mol. The second-order valence-electron chi connectivity index (χ2n) is 4.82. The summed E-state index contributed by atoms with van der Waals surface area (Å²) in [6.07, 6.45) is 3.58. The van der Waals surface area contributed by atoms with Crippen LogP contribution in [0.4, 0.5) is 0 Å². The quantitative estimate of drug-likeness (QED) is 0.729. The first-order chi connectivity index (χ1) is 9.81. The molecule has 3 rings (SSSR count). The van der Waals surface area contributed by atoms with Crippen LogP contribution in [-0.4, -0.2) is 15.8 Å². The number of hydrogen-bond donors (Lipinski definition) is 1. The third kappa shape index (κ3) is 2.11. The van der Waals surface area contributed by atoms with Crippen LogP contribution >= 0.6 is 0 Å². The first-order valence-corrected chi connectivity index (χ1v) is 6.86. The number of ketones is 1. The van der Waals surface area contributed by atoms with E-state index in [0.29, 0.717) is 0 Å². The standard InChI is InChI=1S/C17H16N2O/c1-2-7-14-15(13-10-6-11-18-17(13)19-14)16(20)12-8-4-3-5-9-12/h3-6,8-11H,2,7H2,1H3,(H,18,19). The Balaban J connectivity index is 2.18. The fourth-order valence-electron chi connectivity index (χ4n) is 2.51. The summed E-state index contributed by atoms with van der Waals surface area (Å²) in [6, 6.07) is 13.2. The summed E-state index contributed by atoms with van der Waals surface area (Å²) in [5.41, 5.74) is 3.25. The van der Waals surface area contributed by atoms with Gasteiger partial charge in [0, 0.05) is 22.8 Å². The maximum atomic E-state index is 12.8. The van der Waals surface area contributed by atoms with E-state index in [-0.39, 0.29) is 5.78 Å². The average Bonchev–Trinajstić information content (AvgIpc) is 2.86. The van der Waals surface area contributed by atoms with Gasteiger partial charge in [0.1, 0.15) is 5.65 Å². The molecule has 0 atom stereocenters. The fraction of sp³-hybridized carbons (Fsp3) is 0.176. The highest BCUT2D eigenvalue weighted by molar-refractivity contribution is 6.16. The van der Waals surface area contributed by atoms with E-state index in [0.717, 1.165) is 40.7 Å². The van der Waals surface area contributed by atoms with Crippen LogP contribution in [0.3, 0.4) is 0 Å². The summed E-state index contributed by atoms with van der Waals surface area (Å²) in [5.74, 6) is 0.0632. The van der Waals surface area contributed by atoms with Crippen molar-refractivity contribution in [1.29, 1.82) is 0 Å². The molecule has 0 amide bonds. The summed E-state index contributed by atoms with van der Waals surface area (Å²) in [7, 11) is 0. The van der Waals surface area contributed by atoms with E-state index in [1.54, 1.807) is 6.20 Å². The van der Waals surface area contributed by atoms with E-state index in [4.69, 9.17) is 0 Å². The van der Waals surface area contributed by atoms with Crippen LogP contribution < -0.4 is 0 Å². The van der Waals surface area contributed by atoms with Gasteiger partial charge in [-0.2, -0.15) is 0 Å². The number of pyridine rings is 1. The summed E-state index contributed by atoms with van der Waals surface area (Å²) in [6.45, 7) is 2.11. The molecule has 0 saturated carbocycles. The van der Waals surface area contributed by atoms with Crippen molar-refractivity contribution in [3.8, 4) is 0 Å². The number of carbonyl (C=O) groups excluding carboxylic acids is 1. The monoisotopic (exact) mass is 264 g/mol. The molecule has 3 nitrogen and oxygen atoms in total. The van der Waals surface area contributed by atoms with Gasteiger partial charge in [0.2, 0.25) is 0 Å². The number of nitrogens with one attached hydrogen (secondary N) is 1. The first-order valence-electron chi connectivity index (χ1n) is 6.86. The number of carbonyl (C=O) groups is 1. The maximum absolute atomic E-state index is 12.8. The first kappa shape index (κ1) is 12.6. The Labute approximate surface area is 117 Å². The third-order valence-electron chi connectivity index (χ3n) is 3.41. The molecule has 1 N–H and O–H groups in total. The summed E-state index contributed by atoms with van der Waals surface area (Å²) in [4.78, 5) is 20.4. The summed E-state index contributed by atoms with van der Waals surface area (Å²) in [5, 5.41) is 0.907. The molecule has 3 aromatic rings. The van der Waals surface area contributed by atoms with Crippen LogP contribution in [0.5, 0.6) is 0 Å². The largest absolute Gasteiger partial charge is 0.343 e. The fourth-order valence-corrected chi connectivity index (χ4v) is 2.51. The smallest absolute Gasteiger partial charge is 0.195 e. The minimum atomic E-state index is 0.0632. The Morgan fingerprint density at radius 1 is 1.15 bits per heavy atom. The van der Waals surface area contributed by atoms with Crippen molar-refractivity contribution < 1.29 is 4.79 Å². The Morgan fingerprint density at radius 2 is 1.95 bits per heavy atom. The van der Waals surface area contributed by atoms with Crippen LogP contribution in [-0.2, 0) is 6.42 Å². The van der Waals surface area contributed by atoms with Crippen LogP contribution in [0.15, 0.2) is 48.7 Å². The Morgan fingerprint density at radius 3 is 2.70 bits per heavy atom. The summed E-state index contributed by atoms with van der Waals surface area (Å²) >= 11 is 0. The van der Waals surface area contributed by atoms with Crippen molar-refractivity contribution in [1.82, 2.24) is 9.97 Å². The Hall–Kier alpha value is -2.42. The number of aryl methyl sites for hydroxylation is 1. The highest BCUT2D eigenvalue weighted by Gasteiger charge is 2.19. The van der Waals surface area contributed by atoms with Gasteiger partial charge in [-0.15, -0.1) is 0 Å². The number of aromatic nitrogens is 2. The Bertz CT molecular complexity index is 744. The van der Waals surface area contributed by atoms with Gasteiger partial charge >= 0.3 is 0 Å². The summed E-state index contributed by atoms with van der Waals surface area (Å²) < 4.78 is 0. The van der Waals surface area contributed by atoms with Gasteiger partial charge in [0.15, 0.2) is 5.78 Å². The lowest BCUT2D eigenvalue weighted by Crippen LogP contribution is -2.04. The molecule has 2 aromatic heterocycles. The minimum Gasteiger partial charge on any atom is -0.343 e. The SMILES string of the molecule is CCCc1[nH]c2ncccc2c1C(=O)c1ccccc1. The lowest BCUT2D eigenvalue weighted by Gasteiger charge is -2.03. The molecule has 2 heterocycles. The van der Waals surface area contributed by atoms with Crippen molar-refractivity contribution in [3.05, 3.63) is 65.5 Å². The second-order valence-corrected chi connectivity index (χ2v) is 4.82. The van der Waals surface area contributed by atoms with E-state index in [1.165, 1.54) is 0 Å². The van der Waals surface area contributed by atoms with E-state index in [9.17, 15) is 4.79 Å². The third-order valence-corrected chi connectivity index (χ3v) is 3.41. The lowest BCUT2D eigenvalue weighted by atomic mass is 9.99. The highest BCUT2D eigenvalue weighted by Crippen LogP contribution is 2.24. The number of fused-ring (bicyclic) bond motifs is 1. The number of hydrogen-bond acceptors (Lipinski definition) is 2. The maximum Gasteiger partial charge on any atom is 0.195 e. The van der Waals surface area contributed by atoms with Gasteiger partial charge < -0.3 is 4.98 Å². The molecule has 1 aromatic carbocycles. The average molecular weight is 264 g/mol. The molecule has 3 heteroatoms. The second kappa shape index (κ2) is 5.29. The molecule has 0 radical (unpaired) electrons. The molecule has 0 aliphatic rings. The minimum absolute atomic E-state index is 0.0632. The van der Waals surface area contributed by atoms with Gasteiger partial charge in [-0.05, 0) is 18.6 Å². The molecule has 0 saturated heterocycles. The van der Waals surface area contributed by atoms with Gasteiger partial charge in [0.25, 0.3) is 0 Å². The van der Waals surface area contributed by atoms with Gasteiger partial charge in [-0.25, -0.2) is 4.98 Å². The van der Waals surface area contributed by atoms with E-state index in [1.807, 2.05) is 42.5 Å². The number of aromatic amines is 1. The van der Waals surface area contributed by atoms with Gasteiger partial charge in [-0.1, -0.05) is 43.7 Å². The van der Waals surface area contributed by atoms with Crippen LogP contribution in [0.25, 0.3) is 11.0 Å². The Kier molecular flexibility index (Phi) is 3.33. The number of H-pyrrole nitrogens is 1. The van der Waals surface area contributed by atoms with Crippen LogP contribution in [0.2, 0.25) is 0 Å². The number of nitrogens with zero attached hydrogens (tertiary/aromatic N) is 1. The zero-order valence-corrected chi connectivity index (χ0v) is 11.4. The van der Waals surface area contributed by atoms with Crippen molar-refractivity contribution in [2.24, 2.45) is 0 Å². The van der Waals surface area contributed by atoms with Crippen molar-refractivity contribution in [3.63, 3.8) is 0 Å². The van der Waals surface area contributed by atoms with Crippen molar-refractivity contribution in [2.45, 2.75) is 19.8 Å². The highest BCUT2D eigenvalue weighted by atomic mass is 16.1. The molecule has 0 aliphatic heterocycles. The van der Waals surface area contributed by atoms with Gasteiger partial charge in [0.05, 0.1) is 5.56 Å². The topological polar surface area (TPSA) is 45.8 Å². The molecule has 0 bridgehead atoms. The van der Waals surface area contributed by atoms with E-state index >= 15 is 0 Å². The molecular weight excluding hydrogens is 248 g/mol. The molecule has 0 aliphatic carbocycles. The molecule has 100 valence electrons. The van der Waals surface area contributed by atoms with Crippen LogP contribution in [0, 0.1) is 0 Å². The normalized spacial score (nSPS) is 10.8. The number of rotatable bonds is 4. The zero-order chi connectivity index (χ0) is 13.9. The predicted octanol–water partition coefficient (Wildman–Crippen LogP) is 3.75. The van der Waals surface area contributed by atoms with Crippen molar-refractivity contribution in [2.75, 3.05) is 0 Å². The molecule has 0 spiro atoms. The van der Waals surface area contributed by atoms with E-state index in [2.05, 4.69) is 16.9 Å². The molecule has 0 fully saturated rings. The van der Waals surface area contributed by atoms with Crippen LogP contribution in [0.1, 0.15) is 35.0 Å². The molecular formula is C17H16N2O. The van der Waals surface area contributed by atoms with Crippen molar-refractivity contribution >= 4 is 16.8 Å². The van der Waals surface area contributed by atoms with E-state index < -0.39 is 0 Å². The number of benzene rings is 1. The molecule has 20 heavy (non-hydrogen) atoms. The zero-order valence-electron chi connectivity index (χ0n) is 11.4. The lowest BCUT2D eigenvalue weighted by molar-refractivity contribution is 0.103.